The van der Waals surface area contributed by atoms with Crippen molar-refractivity contribution in [3.8, 4) is 0 Å². The highest BCUT2D eigenvalue weighted by molar-refractivity contribution is 9.09. The smallest absolute Gasteiger partial charge is 0.0490 e. The minimum Gasteiger partial charge on any atom is -0.283 e. The highest BCUT2D eigenvalue weighted by Gasteiger charge is 2.16. The molecule has 0 fully saturated rings. The van der Waals surface area contributed by atoms with Crippen LogP contribution < -0.4 is 0 Å². The van der Waals surface area contributed by atoms with Gasteiger partial charge in [0.2, 0.25) is 0 Å². The molecule has 0 spiro atoms. The van der Waals surface area contributed by atoms with Crippen LogP contribution in [0.15, 0.2) is 12.3 Å². The molecule has 0 aromatic carbocycles. The molecule has 2 nitrogen and oxygen atoms in total. The molecule has 1 rings (SSSR count). The van der Waals surface area contributed by atoms with E-state index >= 15 is 0 Å². The Morgan fingerprint density at radius 2 is 2.36 bits per heavy atom. The summed E-state index contributed by atoms with van der Waals surface area (Å²) in [5.41, 5.74) is 1.52. The summed E-state index contributed by atoms with van der Waals surface area (Å²) < 4.78 is 0. The van der Waals surface area contributed by atoms with Crippen LogP contribution in [0.2, 0.25) is 0 Å². The third-order valence-corrected chi connectivity index (χ3v) is 3.11. The largest absolute Gasteiger partial charge is 0.283 e. The van der Waals surface area contributed by atoms with Gasteiger partial charge in [-0.05, 0) is 17.9 Å². The first kappa shape index (κ1) is 8.78. The molecule has 1 aromatic rings. The van der Waals surface area contributed by atoms with Crippen LogP contribution in [0.4, 0.5) is 0 Å². The van der Waals surface area contributed by atoms with Crippen LogP contribution in [0.3, 0.4) is 0 Å². The van der Waals surface area contributed by atoms with Gasteiger partial charge in [0, 0.05) is 17.2 Å². The normalized spacial score (nSPS) is 11.9. The van der Waals surface area contributed by atoms with E-state index in [1.165, 1.54) is 5.69 Å². The van der Waals surface area contributed by atoms with E-state index in [0.29, 0.717) is 5.41 Å². The lowest BCUT2D eigenvalue weighted by molar-refractivity contribution is 0.419. The predicted octanol–water partition coefficient (Wildman–Crippen LogP) is 2.37. The molecule has 1 N–H and O–H groups in total. The molecule has 0 aliphatic rings. The van der Waals surface area contributed by atoms with Gasteiger partial charge in [-0.25, -0.2) is 0 Å². The van der Waals surface area contributed by atoms with Gasteiger partial charge in [0.05, 0.1) is 0 Å². The Labute approximate surface area is 75.5 Å². The molecule has 3 heteroatoms. The summed E-state index contributed by atoms with van der Waals surface area (Å²) in [6, 6.07) is 2.02. The molecule has 0 saturated heterocycles. The van der Waals surface area contributed by atoms with E-state index in [-0.39, 0.29) is 0 Å². The zero-order valence-corrected chi connectivity index (χ0v) is 8.48. The van der Waals surface area contributed by atoms with Crippen molar-refractivity contribution in [3.63, 3.8) is 0 Å². The monoisotopic (exact) mass is 216 g/mol. The number of aromatic amines is 1. The maximum absolute atomic E-state index is 3.90. The second kappa shape index (κ2) is 3.39. The lowest BCUT2D eigenvalue weighted by atomic mass is 9.91. The Morgan fingerprint density at radius 3 is 2.82 bits per heavy atom. The summed E-state index contributed by atoms with van der Waals surface area (Å²) in [4.78, 5) is 0. The third kappa shape index (κ3) is 2.66. The van der Waals surface area contributed by atoms with E-state index < -0.39 is 0 Å². The van der Waals surface area contributed by atoms with Crippen LogP contribution in [0.5, 0.6) is 0 Å². The van der Waals surface area contributed by atoms with E-state index in [0.717, 1.165) is 11.8 Å². The first-order valence-electron chi connectivity index (χ1n) is 3.68. The summed E-state index contributed by atoms with van der Waals surface area (Å²) in [6.07, 6.45) is 2.83. The molecule has 1 aromatic heterocycles. The summed E-state index contributed by atoms with van der Waals surface area (Å²) in [7, 11) is 0. The van der Waals surface area contributed by atoms with Crippen LogP contribution in [-0.2, 0) is 6.42 Å². The number of rotatable bonds is 3. The second-order valence-electron chi connectivity index (χ2n) is 3.56. The van der Waals surface area contributed by atoms with Crippen molar-refractivity contribution >= 4 is 15.9 Å². The average molecular weight is 217 g/mol. The highest BCUT2D eigenvalue weighted by Crippen LogP contribution is 2.22. The van der Waals surface area contributed by atoms with Crippen molar-refractivity contribution in [1.29, 1.82) is 0 Å². The number of H-pyrrole nitrogens is 1. The van der Waals surface area contributed by atoms with E-state index in [4.69, 9.17) is 0 Å². The predicted molar refractivity (Wildman–Crippen MR) is 49.9 cm³/mol. The zero-order chi connectivity index (χ0) is 8.32. The number of nitrogens with one attached hydrogen (secondary N) is 1. The maximum atomic E-state index is 3.90. The summed E-state index contributed by atoms with van der Waals surface area (Å²) in [5, 5.41) is 7.87. The standard InChI is InChI=1S/C8H13BrN2/c1-8(2,6-9)5-7-3-4-10-11-7/h3-4H,5-6H2,1-2H3,(H,10,11). The van der Waals surface area contributed by atoms with Crippen LogP contribution in [-0.4, -0.2) is 15.5 Å². The molecule has 11 heavy (non-hydrogen) atoms. The highest BCUT2D eigenvalue weighted by atomic mass is 79.9. The lowest BCUT2D eigenvalue weighted by Gasteiger charge is -2.19. The first-order chi connectivity index (χ1) is 5.14. The van der Waals surface area contributed by atoms with E-state index in [1.807, 2.05) is 6.07 Å². The van der Waals surface area contributed by atoms with Gasteiger partial charge in [-0.15, -0.1) is 0 Å². The molecule has 62 valence electrons. The molecule has 0 aliphatic carbocycles. The fraction of sp³-hybridized carbons (Fsp3) is 0.625. The molecule has 0 radical (unpaired) electrons. The Morgan fingerprint density at radius 1 is 1.64 bits per heavy atom. The van der Waals surface area contributed by atoms with E-state index in [2.05, 4.69) is 40.0 Å². The van der Waals surface area contributed by atoms with Gasteiger partial charge in [0.25, 0.3) is 0 Å². The Bertz CT molecular complexity index is 204. The van der Waals surface area contributed by atoms with Crippen molar-refractivity contribution in [1.82, 2.24) is 10.2 Å². The van der Waals surface area contributed by atoms with Crippen molar-refractivity contribution in [3.05, 3.63) is 18.0 Å². The molecule has 0 unspecified atom stereocenters. The molecular formula is C8H13BrN2. The molecule has 0 bridgehead atoms. The van der Waals surface area contributed by atoms with Crippen LogP contribution >= 0.6 is 15.9 Å². The fourth-order valence-corrected chi connectivity index (χ4v) is 1.14. The number of hydrogen-bond donors (Lipinski definition) is 1. The summed E-state index contributed by atoms with van der Waals surface area (Å²) >= 11 is 3.48. The van der Waals surface area contributed by atoms with Gasteiger partial charge in [0.1, 0.15) is 0 Å². The van der Waals surface area contributed by atoms with E-state index in [9.17, 15) is 0 Å². The SMILES string of the molecule is CC(C)(CBr)Cc1ccn[nH]1. The molecule has 0 atom stereocenters. The Hall–Kier alpha value is -0.310. The molecule has 0 amide bonds. The van der Waals surface area contributed by atoms with Gasteiger partial charge >= 0.3 is 0 Å². The van der Waals surface area contributed by atoms with Crippen molar-refractivity contribution in [2.75, 3.05) is 5.33 Å². The fourth-order valence-electron chi connectivity index (χ4n) is 0.946. The number of aromatic nitrogens is 2. The third-order valence-electron chi connectivity index (χ3n) is 1.59. The number of nitrogens with zero attached hydrogens (tertiary/aromatic N) is 1. The topological polar surface area (TPSA) is 28.7 Å². The van der Waals surface area contributed by atoms with Crippen molar-refractivity contribution in [2.24, 2.45) is 5.41 Å². The van der Waals surface area contributed by atoms with Gasteiger partial charge in [-0.1, -0.05) is 29.8 Å². The molecule has 0 aliphatic heterocycles. The van der Waals surface area contributed by atoms with Crippen LogP contribution in [0, 0.1) is 5.41 Å². The van der Waals surface area contributed by atoms with Gasteiger partial charge < -0.3 is 0 Å². The number of alkyl halides is 1. The average Bonchev–Trinajstić information content (AvgIpc) is 2.39. The van der Waals surface area contributed by atoms with Crippen molar-refractivity contribution < 1.29 is 0 Å². The molecular weight excluding hydrogens is 204 g/mol. The van der Waals surface area contributed by atoms with Crippen LogP contribution in [0.1, 0.15) is 19.5 Å². The second-order valence-corrected chi connectivity index (χ2v) is 4.12. The molecule has 1 heterocycles. The summed E-state index contributed by atoms with van der Waals surface area (Å²) in [6.45, 7) is 4.45. The maximum Gasteiger partial charge on any atom is 0.0490 e. The van der Waals surface area contributed by atoms with E-state index in [1.54, 1.807) is 6.20 Å². The van der Waals surface area contributed by atoms with Gasteiger partial charge in [-0.2, -0.15) is 5.10 Å². The Kier molecular flexibility index (Phi) is 2.71. The lowest BCUT2D eigenvalue weighted by Crippen LogP contribution is -2.16. The Balaban J connectivity index is 2.56. The van der Waals surface area contributed by atoms with Crippen LogP contribution in [0.25, 0.3) is 0 Å². The molecule has 0 saturated carbocycles. The zero-order valence-electron chi connectivity index (χ0n) is 6.89. The number of hydrogen-bond acceptors (Lipinski definition) is 1. The minimum absolute atomic E-state index is 0.312. The van der Waals surface area contributed by atoms with Gasteiger partial charge in [0.15, 0.2) is 0 Å². The quantitative estimate of drug-likeness (QED) is 0.773. The van der Waals surface area contributed by atoms with Gasteiger partial charge in [-0.3, -0.25) is 5.10 Å². The first-order valence-corrected chi connectivity index (χ1v) is 4.80. The van der Waals surface area contributed by atoms with Crippen molar-refractivity contribution in [2.45, 2.75) is 20.3 Å². The number of halogens is 1. The minimum atomic E-state index is 0.312. The summed E-state index contributed by atoms with van der Waals surface area (Å²) in [5.74, 6) is 0.